The maximum atomic E-state index is 11.3. The molecule has 7 heteroatoms. The molecule has 3 rings (SSSR count). The Morgan fingerprint density at radius 2 is 2.29 bits per heavy atom. The fourth-order valence-electron chi connectivity index (χ4n) is 2.52. The number of aromatic hydroxyl groups is 1. The van der Waals surface area contributed by atoms with Gasteiger partial charge in [-0.05, 0) is 31.0 Å². The summed E-state index contributed by atoms with van der Waals surface area (Å²) in [5.74, 6) is 0.589. The van der Waals surface area contributed by atoms with E-state index in [4.69, 9.17) is 4.74 Å². The van der Waals surface area contributed by atoms with Crippen LogP contribution in [0.25, 0.3) is 11.4 Å². The fraction of sp³-hybridized carbons (Fsp3) is 0.357. The monoisotopic (exact) mass is 289 g/mol. The smallest absolute Gasteiger partial charge is 0.328 e. The quantitative estimate of drug-likeness (QED) is 0.891. The highest BCUT2D eigenvalue weighted by Gasteiger charge is 2.28. The number of carbonyl (C=O) groups is 1. The van der Waals surface area contributed by atoms with E-state index in [0.29, 0.717) is 35.8 Å². The summed E-state index contributed by atoms with van der Waals surface area (Å²) in [5, 5.41) is 23.2. The topological polar surface area (TPSA) is 97.5 Å². The summed E-state index contributed by atoms with van der Waals surface area (Å²) in [7, 11) is 1.46. The van der Waals surface area contributed by atoms with E-state index in [1.807, 2.05) is 0 Å². The Kier molecular flexibility index (Phi) is 3.25. The van der Waals surface area contributed by atoms with Crippen molar-refractivity contribution in [2.45, 2.75) is 25.3 Å². The molecule has 1 aromatic heterocycles. The summed E-state index contributed by atoms with van der Waals surface area (Å²) >= 11 is 0. The minimum absolute atomic E-state index is 0.0358. The molecule has 7 nitrogen and oxygen atoms in total. The first kappa shape index (κ1) is 13.4. The highest BCUT2D eigenvalue weighted by Crippen LogP contribution is 2.31. The third-order valence-electron chi connectivity index (χ3n) is 3.60. The van der Waals surface area contributed by atoms with Crippen LogP contribution in [-0.2, 0) is 11.2 Å². The number of methoxy groups -OCH3 is 1. The van der Waals surface area contributed by atoms with Gasteiger partial charge in [0.25, 0.3) is 0 Å². The number of hydrogen-bond acceptors (Lipinski definition) is 5. The number of fused-ring (bicyclic) bond motifs is 1. The molecule has 2 heterocycles. The molecular weight excluding hydrogens is 274 g/mol. The zero-order valence-corrected chi connectivity index (χ0v) is 11.5. The van der Waals surface area contributed by atoms with Crippen LogP contribution < -0.4 is 4.74 Å². The number of aromatic nitrogens is 3. The lowest BCUT2D eigenvalue weighted by Gasteiger charge is -2.19. The molecule has 0 fully saturated rings. The van der Waals surface area contributed by atoms with Crippen LogP contribution in [0, 0.1) is 0 Å². The summed E-state index contributed by atoms with van der Waals surface area (Å²) < 4.78 is 6.55. The van der Waals surface area contributed by atoms with Crippen LogP contribution in [0.3, 0.4) is 0 Å². The number of phenols is 1. The molecule has 1 atom stereocenters. The van der Waals surface area contributed by atoms with E-state index in [-0.39, 0.29) is 5.75 Å². The Morgan fingerprint density at radius 1 is 1.48 bits per heavy atom. The van der Waals surface area contributed by atoms with Crippen molar-refractivity contribution in [3.63, 3.8) is 0 Å². The van der Waals surface area contributed by atoms with Crippen LogP contribution in [0.2, 0.25) is 0 Å². The predicted octanol–water partition coefficient (Wildman–Crippen LogP) is 1.62. The van der Waals surface area contributed by atoms with Crippen LogP contribution in [-0.4, -0.2) is 38.1 Å². The molecule has 0 bridgehead atoms. The van der Waals surface area contributed by atoms with Gasteiger partial charge in [-0.1, -0.05) is 0 Å². The van der Waals surface area contributed by atoms with Crippen molar-refractivity contribution in [3.8, 4) is 22.9 Å². The number of hydrogen-bond donors (Lipinski definition) is 2. The summed E-state index contributed by atoms with van der Waals surface area (Å²) in [5.41, 5.74) is 0.677. The first-order chi connectivity index (χ1) is 10.1. The minimum Gasteiger partial charge on any atom is -0.504 e. The van der Waals surface area contributed by atoms with Crippen molar-refractivity contribution < 1.29 is 19.7 Å². The Labute approximate surface area is 120 Å². The lowest BCUT2D eigenvalue weighted by Crippen LogP contribution is -2.25. The highest BCUT2D eigenvalue weighted by atomic mass is 16.5. The van der Waals surface area contributed by atoms with E-state index in [0.717, 1.165) is 6.42 Å². The van der Waals surface area contributed by atoms with Crippen molar-refractivity contribution in [2.75, 3.05) is 7.11 Å². The standard InChI is InChI=1S/C14H15N3O4/c1-21-11-7-8(5-6-10(11)18)13-15-12-4-2-3-9(14(19)20)17(12)16-13/h5-7,9,18H,2-4H2,1H3,(H,19,20). The van der Waals surface area contributed by atoms with Gasteiger partial charge >= 0.3 is 5.97 Å². The molecule has 0 saturated carbocycles. The molecule has 1 unspecified atom stereocenters. The van der Waals surface area contributed by atoms with Crippen LogP contribution in [0.15, 0.2) is 18.2 Å². The van der Waals surface area contributed by atoms with Crippen molar-refractivity contribution in [2.24, 2.45) is 0 Å². The second-order valence-electron chi connectivity index (χ2n) is 4.93. The number of rotatable bonds is 3. The Morgan fingerprint density at radius 3 is 3.00 bits per heavy atom. The number of phenolic OH excluding ortho intramolecular Hbond substituents is 1. The summed E-state index contributed by atoms with van der Waals surface area (Å²) in [6.45, 7) is 0. The van der Waals surface area contributed by atoms with Crippen LogP contribution in [0.5, 0.6) is 11.5 Å². The Balaban J connectivity index is 2.03. The van der Waals surface area contributed by atoms with Gasteiger partial charge in [0.2, 0.25) is 0 Å². The average molecular weight is 289 g/mol. The largest absolute Gasteiger partial charge is 0.504 e. The van der Waals surface area contributed by atoms with Crippen LogP contribution in [0.1, 0.15) is 24.7 Å². The zero-order chi connectivity index (χ0) is 15.0. The molecule has 0 saturated heterocycles. The van der Waals surface area contributed by atoms with E-state index < -0.39 is 12.0 Å². The number of carboxylic acids is 1. The first-order valence-corrected chi connectivity index (χ1v) is 6.65. The van der Waals surface area contributed by atoms with Gasteiger partial charge < -0.3 is 14.9 Å². The maximum absolute atomic E-state index is 11.3. The van der Waals surface area contributed by atoms with Gasteiger partial charge in [-0.15, -0.1) is 5.10 Å². The zero-order valence-electron chi connectivity index (χ0n) is 11.5. The predicted molar refractivity (Wildman–Crippen MR) is 73.3 cm³/mol. The molecule has 0 radical (unpaired) electrons. The second-order valence-corrected chi connectivity index (χ2v) is 4.93. The van der Waals surface area contributed by atoms with E-state index in [1.165, 1.54) is 17.9 Å². The van der Waals surface area contributed by atoms with Gasteiger partial charge in [0, 0.05) is 12.0 Å². The Bertz CT molecular complexity index is 696. The molecule has 2 N–H and O–H groups in total. The lowest BCUT2D eigenvalue weighted by molar-refractivity contribution is -0.141. The molecular formula is C14H15N3O4. The molecule has 1 aliphatic rings. The van der Waals surface area contributed by atoms with Crippen molar-refractivity contribution in [1.82, 2.24) is 14.8 Å². The van der Waals surface area contributed by atoms with Crippen molar-refractivity contribution >= 4 is 5.97 Å². The Hall–Kier alpha value is -2.57. The van der Waals surface area contributed by atoms with Crippen LogP contribution >= 0.6 is 0 Å². The van der Waals surface area contributed by atoms with Gasteiger partial charge in [0.15, 0.2) is 23.4 Å². The fourth-order valence-corrected chi connectivity index (χ4v) is 2.52. The number of ether oxygens (including phenoxy) is 1. The molecule has 0 aliphatic carbocycles. The molecule has 2 aromatic rings. The summed E-state index contributed by atoms with van der Waals surface area (Å²) in [6.07, 6.45) is 2.06. The third-order valence-corrected chi connectivity index (χ3v) is 3.60. The van der Waals surface area contributed by atoms with Gasteiger partial charge in [0.1, 0.15) is 5.82 Å². The molecule has 110 valence electrons. The molecule has 1 aliphatic heterocycles. The van der Waals surface area contributed by atoms with Crippen molar-refractivity contribution in [3.05, 3.63) is 24.0 Å². The first-order valence-electron chi connectivity index (χ1n) is 6.65. The van der Waals surface area contributed by atoms with Crippen LogP contribution in [0.4, 0.5) is 0 Å². The van der Waals surface area contributed by atoms with Gasteiger partial charge in [0.05, 0.1) is 7.11 Å². The average Bonchev–Trinajstić information content (AvgIpc) is 2.91. The number of carboxylic acid groups (broad SMARTS) is 1. The van der Waals surface area contributed by atoms with E-state index in [9.17, 15) is 15.0 Å². The third kappa shape index (κ3) is 2.31. The number of benzene rings is 1. The van der Waals surface area contributed by atoms with Gasteiger partial charge in [-0.3, -0.25) is 0 Å². The summed E-state index contributed by atoms with van der Waals surface area (Å²) in [4.78, 5) is 15.7. The van der Waals surface area contributed by atoms with E-state index in [2.05, 4.69) is 10.1 Å². The molecule has 0 amide bonds. The molecule has 21 heavy (non-hydrogen) atoms. The van der Waals surface area contributed by atoms with E-state index >= 15 is 0 Å². The molecule has 1 aromatic carbocycles. The molecule has 0 spiro atoms. The number of aliphatic carboxylic acids is 1. The SMILES string of the molecule is COc1cc(-c2nc3n(n2)C(C(=O)O)CCC3)ccc1O. The van der Waals surface area contributed by atoms with Crippen molar-refractivity contribution in [1.29, 1.82) is 0 Å². The van der Waals surface area contributed by atoms with E-state index in [1.54, 1.807) is 12.1 Å². The minimum atomic E-state index is -0.893. The maximum Gasteiger partial charge on any atom is 0.328 e. The lowest BCUT2D eigenvalue weighted by atomic mass is 10.1. The summed E-state index contributed by atoms with van der Waals surface area (Å²) in [6, 6.07) is 4.15. The van der Waals surface area contributed by atoms with Gasteiger partial charge in [-0.25, -0.2) is 14.5 Å². The second kappa shape index (κ2) is 5.08. The number of nitrogens with zero attached hydrogens (tertiary/aromatic N) is 3. The normalized spacial score (nSPS) is 17.3. The van der Waals surface area contributed by atoms with Gasteiger partial charge in [-0.2, -0.15) is 0 Å². The highest BCUT2D eigenvalue weighted by molar-refractivity contribution is 5.72. The number of aryl methyl sites for hydroxylation is 1.